The first-order valence-corrected chi connectivity index (χ1v) is 9.76. The number of rotatable bonds is 16. The zero-order valence-corrected chi connectivity index (χ0v) is 17.3. The lowest BCUT2D eigenvalue weighted by atomic mass is 10.1. The van der Waals surface area contributed by atoms with Gasteiger partial charge in [0.1, 0.15) is 0 Å². The number of thiol groups is 1. The second-order valence-electron chi connectivity index (χ2n) is 6.74. The Hall–Kier alpha value is -0.830. The molecule has 0 saturated heterocycles. The monoisotopic (exact) mass is 394 g/mol. The van der Waals surface area contributed by atoms with Gasteiger partial charge in [0.05, 0.1) is 19.6 Å². The van der Waals surface area contributed by atoms with Crippen molar-refractivity contribution in [3.05, 3.63) is 0 Å². The van der Waals surface area contributed by atoms with Crippen molar-refractivity contribution in [1.29, 1.82) is 0 Å². The lowest BCUT2D eigenvalue weighted by Gasteiger charge is -2.17. The predicted molar refractivity (Wildman–Crippen MR) is 99.9 cm³/mol. The Morgan fingerprint density at radius 1 is 0.923 bits per heavy atom. The molecule has 0 aromatic heterocycles. The number of esters is 2. The molecule has 7 nitrogen and oxygen atoms in total. The van der Waals surface area contributed by atoms with Gasteiger partial charge >= 0.3 is 11.9 Å². The number of hydrogen-bond donors (Lipinski definition) is 1. The summed E-state index contributed by atoms with van der Waals surface area (Å²) in [6.45, 7) is 8.78. The van der Waals surface area contributed by atoms with Crippen LogP contribution >= 0.6 is 12.9 Å². The van der Waals surface area contributed by atoms with E-state index in [0.717, 1.165) is 38.5 Å². The molecule has 0 spiro atoms. The molecule has 3 unspecified atom stereocenters. The van der Waals surface area contributed by atoms with Crippen LogP contribution in [-0.2, 0) is 33.3 Å². The van der Waals surface area contributed by atoms with E-state index in [1.54, 1.807) is 0 Å². The average molecular weight is 395 g/mol. The topological polar surface area (TPSA) is 80.3 Å². The predicted octanol–water partition coefficient (Wildman–Crippen LogP) is 4.21. The van der Waals surface area contributed by atoms with Crippen molar-refractivity contribution >= 4 is 24.8 Å². The van der Waals surface area contributed by atoms with Gasteiger partial charge in [-0.3, -0.25) is 4.79 Å². The molecule has 26 heavy (non-hydrogen) atoms. The van der Waals surface area contributed by atoms with Crippen LogP contribution in [0.25, 0.3) is 0 Å². The first-order valence-electron chi connectivity index (χ1n) is 9.40. The molecular weight excluding hydrogens is 360 g/mol. The summed E-state index contributed by atoms with van der Waals surface area (Å²) in [6, 6.07) is 0. The van der Waals surface area contributed by atoms with E-state index in [1.807, 2.05) is 13.8 Å². The van der Waals surface area contributed by atoms with Gasteiger partial charge in [-0.2, -0.15) is 4.89 Å². The summed E-state index contributed by atoms with van der Waals surface area (Å²) in [6.07, 6.45) is 4.69. The summed E-state index contributed by atoms with van der Waals surface area (Å²) in [5.74, 6) is -0.763. The van der Waals surface area contributed by atoms with Gasteiger partial charge in [0, 0.05) is 12.9 Å². The molecule has 0 radical (unpaired) electrons. The summed E-state index contributed by atoms with van der Waals surface area (Å²) in [4.78, 5) is 28.8. The molecule has 154 valence electrons. The van der Waals surface area contributed by atoms with Crippen molar-refractivity contribution in [2.45, 2.75) is 78.7 Å². The molecule has 0 bridgehead atoms. The highest BCUT2D eigenvalue weighted by Crippen LogP contribution is 2.12. The summed E-state index contributed by atoms with van der Waals surface area (Å²) < 4.78 is 14.4. The largest absolute Gasteiger partial charge is 0.465 e. The van der Waals surface area contributed by atoms with Gasteiger partial charge in [0.15, 0.2) is 0 Å². The minimum absolute atomic E-state index is 0.230. The molecular formula is C18H34O7S. The van der Waals surface area contributed by atoms with Crippen LogP contribution < -0.4 is 0 Å². The average Bonchev–Trinajstić information content (AvgIpc) is 2.64. The molecule has 0 amide bonds. The minimum atomic E-state index is -1.26. The highest BCUT2D eigenvalue weighted by Gasteiger charge is 2.28. The number of hydrogen-bond acceptors (Lipinski definition) is 8. The zero-order valence-electron chi connectivity index (χ0n) is 16.4. The molecule has 0 aliphatic heterocycles. The zero-order chi connectivity index (χ0) is 19.8. The van der Waals surface area contributed by atoms with Crippen molar-refractivity contribution < 1.29 is 33.3 Å². The number of carbonyl (C=O) groups excluding carboxylic acids is 2. The van der Waals surface area contributed by atoms with E-state index in [9.17, 15) is 9.59 Å². The van der Waals surface area contributed by atoms with Crippen LogP contribution in [-0.4, -0.2) is 31.3 Å². The van der Waals surface area contributed by atoms with Crippen LogP contribution in [0.1, 0.15) is 72.6 Å². The van der Waals surface area contributed by atoms with Crippen molar-refractivity contribution in [3.8, 4) is 0 Å². The number of ether oxygens (including phenoxy) is 2. The normalized spacial score (nSPS) is 14.5. The Balaban J connectivity index is 4.35. The lowest BCUT2D eigenvalue weighted by molar-refractivity contribution is -0.471. The van der Waals surface area contributed by atoms with Crippen LogP contribution in [0.2, 0.25) is 0 Å². The maximum atomic E-state index is 12.1. The summed E-state index contributed by atoms with van der Waals surface area (Å²) in [5, 5.41) is 4.22. The van der Waals surface area contributed by atoms with Gasteiger partial charge < -0.3 is 9.47 Å². The SMILES string of the molecule is CCCCC(C)COC(=O)CC(OOOS)C(=O)OCC(C)CCCC. The standard InChI is InChI=1S/C18H34O7S/c1-5-7-9-14(3)12-21-17(19)11-16(23-24-25-26)18(20)22-13-15(4)10-8-6-2/h14-16,26H,5-13H2,1-4H3. The van der Waals surface area contributed by atoms with Gasteiger partial charge in [-0.15, -0.1) is 4.33 Å². The second kappa shape index (κ2) is 16.4. The molecule has 0 N–H and O–H groups in total. The van der Waals surface area contributed by atoms with E-state index < -0.39 is 18.0 Å². The van der Waals surface area contributed by atoms with Crippen molar-refractivity contribution in [1.82, 2.24) is 0 Å². The molecule has 0 rings (SSSR count). The molecule has 0 saturated carbocycles. The third kappa shape index (κ3) is 13.4. The van der Waals surface area contributed by atoms with Crippen molar-refractivity contribution in [2.24, 2.45) is 11.8 Å². The van der Waals surface area contributed by atoms with Gasteiger partial charge in [0.2, 0.25) is 6.10 Å². The minimum Gasteiger partial charge on any atom is -0.465 e. The van der Waals surface area contributed by atoms with Crippen molar-refractivity contribution in [3.63, 3.8) is 0 Å². The van der Waals surface area contributed by atoms with Gasteiger partial charge in [-0.05, 0) is 24.7 Å². The van der Waals surface area contributed by atoms with Crippen LogP contribution in [0, 0.1) is 11.8 Å². The highest BCUT2D eigenvalue weighted by molar-refractivity contribution is 7.74. The molecule has 3 atom stereocenters. The van der Waals surface area contributed by atoms with Crippen LogP contribution in [0.15, 0.2) is 0 Å². The second-order valence-corrected chi connectivity index (χ2v) is 6.89. The molecule has 0 aliphatic carbocycles. The lowest BCUT2D eigenvalue weighted by Crippen LogP contribution is -2.31. The Kier molecular flexibility index (Phi) is 15.8. The first kappa shape index (κ1) is 25.2. The summed E-state index contributed by atoms with van der Waals surface area (Å²) >= 11 is 3.36. The summed E-state index contributed by atoms with van der Waals surface area (Å²) in [5.41, 5.74) is 0. The van der Waals surface area contributed by atoms with Crippen molar-refractivity contribution in [2.75, 3.05) is 13.2 Å². The van der Waals surface area contributed by atoms with Gasteiger partial charge in [0.25, 0.3) is 0 Å². The third-order valence-corrected chi connectivity index (χ3v) is 4.00. The highest BCUT2D eigenvalue weighted by atomic mass is 32.1. The van der Waals surface area contributed by atoms with E-state index in [-0.39, 0.29) is 24.9 Å². The third-order valence-electron chi connectivity index (χ3n) is 3.94. The Morgan fingerprint density at radius 3 is 1.96 bits per heavy atom. The fourth-order valence-corrected chi connectivity index (χ4v) is 2.29. The van der Waals surface area contributed by atoms with E-state index in [2.05, 4.69) is 36.1 Å². The Bertz CT molecular complexity index is 379. The molecule has 0 fully saturated rings. The molecule has 0 aromatic rings. The Morgan fingerprint density at radius 2 is 1.46 bits per heavy atom. The molecule has 8 heteroatoms. The quantitative estimate of drug-likeness (QED) is 0.138. The van der Waals surface area contributed by atoms with E-state index in [4.69, 9.17) is 14.4 Å². The van der Waals surface area contributed by atoms with Crippen LogP contribution in [0.4, 0.5) is 0 Å². The molecule has 0 aliphatic rings. The fourth-order valence-electron chi connectivity index (χ4n) is 2.26. The smallest absolute Gasteiger partial charge is 0.339 e. The number of unbranched alkanes of at least 4 members (excludes halogenated alkanes) is 2. The maximum Gasteiger partial charge on any atom is 0.339 e. The van der Waals surface area contributed by atoms with E-state index >= 15 is 0 Å². The Labute approximate surface area is 162 Å². The van der Waals surface area contributed by atoms with Crippen LogP contribution in [0.3, 0.4) is 0 Å². The summed E-state index contributed by atoms with van der Waals surface area (Å²) in [7, 11) is 0. The fraction of sp³-hybridized carbons (Fsp3) is 0.889. The molecule has 0 aromatic carbocycles. The number of carbonyl (C=O) groups is 2. The first-order chi connectivity index (χ1) is 12.4. The van der Waals surface area contributed by atoms with Gasteiger partial charge in [-0.1, -0.05) is 58.4 Å². The van der Waals surface area contributed by atoms with Crippen LogP contribution in [0.5, 0.6) is 0 Å². The van der Waals surface area contributed by atoms with Gasteiger partial charge in [-0.25, -0.2) is 4.79 Å². The van der Waals surface area contributed by atoms with E-state index in [0.29, 0.717) is 6.61 Å². The van der Waals surface area contributed by atoms with E-state index in [1.165, 1.54) is 0 Å². The maximum absolute atomic E-state index is 12.1. The molecule has 0 heterocycles.